The lowest BCUT2D eigenvalue weighted by atomic mass is 9.88. The lowest BCUT2D eigenvalue weighted by molar-refractivity contribution is -0.00292. The molecule has 1 saturated carbocycles. The molecule has 0 spiro atoms. The molecule has 1 aromatic heterocycles. The van der Waals surface area contributed by atoms with Crippen LogP contribution in [0, 0.1) is 5.92 Å². The molecule has 2 atom stereocenters. The van der Waals surface area contributed by atoms with E-state index in [1.165, 1.54) is 30.6 Å². The number of carbonyl (C=O) groups is 1. The second-order valence-electron chi connectivity index (χ2n) is 5.16. The van der Waals surface area contributed by atoms with Crippen LogP contribution in [0.2, 0.25) is 0 Å². The van der Waals surface area contributed by atoms with Crippen LogP contribution in [0.25, 0.3) is 0 Å². The molecular weight excluding hydrogens is 406 g/mol. The van der Waals surface area contributed by atoms with Crippen molar-refractivity contribution in [3.8, 4) is 0 Å². The third-order valence-electron chi connectivity index (χ3n) is 3.62. The minimum absolute atomic E-state index is 0.0401. The van der Waals surface area contributed by atoms with E-state index >= 15 is 0 Å². The van der Waals surface area contributed by atoms with Crippen molar-refractivity contribution in [2.24, 2.45) is 5.92 Å². The maximum atomic E-state index is 11.9. The summed E-state index contributed by atoms with van der Waals surface area (Å²) in [6.07, 6.45) is 5.36. The van der Waals surface area contributed by atoms with Crippen LogP contribution in [-0.2, 0) is 4.74 Å². The molecule has 2 unspecified atom stereocenters. The molecule has 0 aliphatic heterocycles. The SMILES string of the molecule is CC1CCCCC1OCCNC(=O)c1cc(Br)c(Br)s1. The maximum Gasteiger partial charge on any atom is 0.261 e. The molecule has 1 aromatic rings. The van der Waals surface area contributed by atoms with Crippen LogP contribution in [0.3, 0.4) is 0 Å². The number of nitrogens with one attached hydrogen (secondary N) is 1. The maximum absolute atomic E-state index is 11.9. The molecule has 1 amide bonds. The molecule has 3 nitrogen and oxygen atoms in total. The standard InChI is InChI=1S/C14H19Br2NO2S/c1-9-4-2-3-5-11(9)19-7-6-17-14(18)12-8-10(15)13(16)20-12/h8-9,11H,2-7H2,1H3,(H,17,18). The summed E-state index contributed by atoms with van der Waals surface area (Å²) in [6.45, 7) is 3.41. The first-order valence-corrected chi connectivity index (χ1v) is 9.33. The van der Waals surface area contributed by atoms with Gasteiger partial charge in [0, 0.05) is 11.0 Å². The molecule has 0 aromatic carbocycles. The van der Waals surface area contributed by atoms with Crippen LogP contribution in [0.1, 0.15) is 42.3 Å². The van der Waals surface area contributed by atoms with E-state index in [0.717, 1.165) is 14.7 Å². The molecule has 1 fully saturated rings. The summed E-state index contributed by atoms with van der Waals surface area (Å²) in [5.74, 6) is 0.602. The summed E-state index contributed by atoms with van der Waals surface area (Å²) in [6, 6.07) is 1.83. The highest BCUT2D eigenvalue weighted by atomic mass is 79.9. The van der Waals surface area contributed by atoms with Crippen LogP contribution in [0.15, 0.2) is 14.3 Å². The van der Waals surface area contributed by atoms with Crippen LogP contribution in [0.5, 0.6) is 0 Å². The van der Waals surface area contributed by atoms with Gasteiger partial charge in [0.25, 0.3) is 5.91 Å². The van der Waals surface area contributed by atoms with Gasteiger partial charge in [0.1, 0.15) is 0 Å². The Morgan fingerprint density at radius 2 is 2.20 bits per heavy atom. The zero-order valence-electron chi connectivity index (χ0n) is 11.5. The van der Waals surface area contributed by atoms with E-state index in [1.54, 1.807) is 0 Å². The quantitative estimate of drug-likeness (QED) is 0.701. The van der Waals surface area contributed by atoms with Crippen molar-refractivity contribution in [1.29, 1.82) is 0 Å². The molecule has 1 aliphatic rings. The second-order valence-corrected chi connectivity index (χ2v) is 8.38. The van der Waals surface area contributed by atoms with E-state index in [4.69, 9.17) is 4.74 Å². The zero-order chi connectivity index (χ0) is 14.5. The molecule has 0 saturated heterocycles. The lowest BCUT2D eigenvalue weighted by Gasteiger charge is -2.28. The van der Waals surface area contributed by atoms with E-state index in [0.29, 0.717) is 30.1 Å². The minimum atomic E-state index is -0.0401. The fourth-order valence-electron chi connectivity index (χ4n) is 2.45. The molecule has 2 rings (SSSR count). The summed E-state index contributed by atoms with van der Waals surface area (Å²) >= 11 is 8.20. The number of amides is 1. The fourth-order valence-corrected chi connectivity index (χ4v) is 4.40. The lowest BCUT2D eigenvalue weighted by Crippen LogP contribution is -2.31. The van der Waals surface area contributed by atoms with E-state index in [-0.39, 0.29) is 5.91 Å². The Bertz CT molecular complexity index is 445. The van der Waals surface area contributed by atoms with Crippen LogP contribution in [0.4, 0.5) is 0 Å². The average Bonchev–Trinajstić information content (AvgIpc) is 2.76. The highest BCUT2D eigenvalue weighted by molar-refractivity contribution is 9.13. The summed E-state index contributed by atoms with van der Waals surface area (Å²) in [7, 11) is 0. The van der Waals surface area contributed by atoms with Gasteiger partial charge in [0.2, 0.25) is 0 Å². The number of hydrogen-bond acceptors (Lipinski definition) is 3. The number of carbonyl (C=O) groups excluding carboxylic acids is 1. The van der Waals surface area contributed by atoms with Gasteiger partial charge in [0.15, 0.2) is 0 Å². The molecule has 0 radical (unpaired) electrons. The Hall–Kier alpha value is 0.0900. The Labute approximate surface area is 140 Å². The summed E-state index contributed by atoms with van der Waals surface area (Å²) in [5, 5.41) is 2.90. The average molecular weight is 425 g/mol. The molecule has 1 aliphatic carbocycles. The van der Waals surface area contributed by atoms with Gasteiger partial charge >= 0.3 is 0 Å². The van der Waals surface area contributed by atoms with Gasteiger partial charge in [-0.05, 0) is 56.7 Å². The van der Waals surface area contributed by atoms with Gasteiger partial charge in [-0.3, -0.25) is 4.79 Å². The molecule has 1 N–H and O–H groups in total. The predicted molar refractivity (Wildman–Crippen MR) is 89.4 cm³/mol. The fraction of sp³-hybridized carbons (Fsp3) is 0.643. The van der Waals surface area contributed by atoms with E-state index < -0.39 is 0 Å². The van der Waals surface area contributed by atoms with E-state index in [1.807, 2.05) is 6.07 Å². The Balaban J connectivity index is 1.69. The molecule has 112 valence electrons. The van der Waals surface area contributed by atoms with Crippen molar-refractivity contribution in [2.75, 3.05) is 13.2 Å². The summed E-state index contributed by atoms with van der Waals surface area (Å²) in [4.78, 5) is 12.6. The number of halogens is 2. The normalized spacial score (nSPS) is 22.8. The minimum Gasteiger partial charge on any atom is -0.376 e. The Morgan fingerprint density at radius 1 is 1.45 bits per heavy atom. The zero-order valence-corrected chi connectivity index (χ0v) is 15.4. The highest BCUT2D eigenvalue weighted by Crippen LogP contribution is 2.32. The molecule has 0 bridgehead atoms. The van der Waals surface area contributed by atoms with Crippen molar-refractivity contribution >= 4 is 49.1 Å². The first kappa shape index (κ1) is 16.5. The molecule has 20 heavy (non-hydrogen) atoms. The number of thiophene rings is 1. The molecule has 6 heteroatoms. The van der Waals surface area contributed by atoms with Gasteiger partial charge < -0.3 is 10.1 Å². The van der Waals surface area contributed by atoms with Crippen LogP contribution in [-0.4, -0.2) is 25.2 Å². The molecule has 1 heterocycles. The van der Waals surface area contributed by atoms with Gasteiger partial charge in [0.05, 0.1) is 21.4 Å². The summed E-state index contributed by atoms with van der Waals surface area (Å²) in [5.41, 5.74) is 0. The van der Waals surface area contributed by atoms with Gasteiger partial charge in [-0.2, -0.15) is 0 Å². The van der Waals surface area contributed by atoms with Gasteiger partial charge in [-0.25, -0.2) is 0 Å². The topological polar surface area (TPSA) is 38.3 Å². The van der Waals surface area contributed by atoms with Gasteiger partial charge in [-0.1, -0.05) is 19.8 Å². The van der Waals surface area contributed by atoms with Crippen LogP contribution >= 0.6 is 43.2 Å². The van der Waals surface area contributed by atoms with Crippen molar-refractivity contribution in [3.05, 3.63) is 19.2 Å². The Kier molecular flexibility index (Phi) is 6.52. The number of hydrogen-bond donors (Lipinski definition) is 1. The van der Waals surface area contributed by atoms with Crippen molar-refractivity contribution < 1.29 is 9.53 Å². The second kappa shape index (κ2) is 7.92. The van der Waals surface area contributed by atoms with Gasteiger partial charge in [-0.15, -0.1) is 11.3 Å². The smallest absolute Gasteiger partial charge is 0.261 e. The third kappa shape index (κ3) is 4.55. The van der Waals surface area contributed by atoms with E-state index in [2.05, 4.69) is 44.1 Å². The largest absolute Gasteiger partial charge is 0.376 e. The van der Waals surface area contributed by atoms with Crippen molar-refractivity contribution in [2.45, 2.75) is 38.7 Å². The first-order valence-electron chi connectivity index (χ1n) is 6.92. The number of rotatable bonds is 5. The van der Waals surface area contributed by atoms with Crippen molar-refractivity contribution in [3.63, 3.8) is 0 Å². The first-order chi connectivity index (χ1) is 9.58. The Morgan fingerprint density at radius 3 is 2.85 bits per heavy atom. The van der Waals surface area contributed by atoms with Crippen molar-refractivity contribution in [1.82, 2.24) is 5.32 Å². The monoisotopic (exact) mass is 423 g/mol. The number of ether oxygens (including phenoxy) is 1. The van der Waals surface area contributed by atoms with Crippen LogP contribution < -0.4 is 5.32 Å². The third-order valence-corrected chi connectivity index (χ3v) is 6.88. The predicted octanol–water partition coefficient (Wildman–Crippen LogP) is 4.60. The summed E-state index contributed by atoms with van der Waals surface area (Å²) < 4.78 is 7.74. The van der Waals surface area contributed by atoms with E-state index in [9.17, 15) is 4.79 Å². The highest BCUT2D eigenvalue weighted by Gasteiger charge is 2.21. The molecular formula is C14H19Br2NO2S.